The van der Waals surface area contributed by atoms with Gasteiger partial charge in [-0.25, -0.2) is 0 Å². The predicted octanol–water partition coefficient (Wildman–Crippen LogP) is 5.59. The van der Waals surface area contributed by atoms with Crippen molar-refractivity contribution in [3.8, 4) is 0 Å². The molecule has 0 aromatic heterocycles. The standard InChI is InChI=1S/C7H7Br.C4H10.C2H6/c1-6-4-2-3-5-7(6)8;1-3-4-2;1-2/h2-5H,1H3;3-4H2,1-2H3;1-2H3. The van der Waals surface area contributed by atoms with Crippen LogP contribution in [0.2, 0.25) is 0 Å². The summed E-state index contributed by atoms with van der Waals surface area (Å²) in [6, 6.07) is 8.15. The van der Waals surface area contributed by atoms with Crippen molar-refractivity contribution in [3.63, 3.8) is 0 Å². The van der Waals surface area contributed by atoms with E-state index < -0.39 is 0 Å². The largest absolute Gasteiger partial charge is 0.0683 e. The third-order valence-corrected chi connectivity index (χ3v) is 2.47. The van der Waals surface area contributed by atoms with Crippen molar-refractivity contribution >= 4 is 15.9 Å². The lowest BCUT2D eigenvalue weighted by atomic mass is 10.2. The van der Waals surface area contributed by atoms with Gasteiger partial charge in [0.2, 0.25) is 0 Å². The summed E-state index contributed by atoms with van der Waals surface area (Å²) < 4.78 is 1.18. The second-order valence-corrected chi connectivity index (χ2v) is 3.60. The molecule has 0 spiro atoms. The van der Waals surface area contributed by atoms with Gasteiger partial charge in [-0.2, -0.15) is 0 Å². The fourth-order valence-electron chi connectivity index (χ4n) is 0.551. The van der Waals surface area contributed by atoms with E-state index in [-0.39, 0.29) is 0 Å². The maximum absolute atomic E-state index is 3.40. The highest BCUT2D eigenvalue weighted by Crippen LogP contribution is 2.13. The zero-order valence-electron chi connectivity index (χ0n) is 10.1. The van der Waals surface area contributed by atoms with Crippen LogP contribution in [0.1, 0.15) is 46.1 Å². The van der Waals surface area contributed by atoms with Gasteiger partial charge < -0.3 is 0 Å². The predicted molar refractivity (Wildman–Crippen MR) is 70.8 cm³/mol. The fourth-order valence-corrected chi connectivity index (χ4v) is 0.836. The molecule has 0 amide bonds. The number of aryl methyl sites for hydroxylation is 1. The fraction of sp³-hybridized carbons (Fsp3) is 0.538. The summed E-state index contributed by atoms with van der Waals surface area (Å²) in [4.78, 5) is 0. The minimum atomic E-state index is 1.18. The summed E-state index contributed by atoms with van der Waals surface area (Å²) in [6.07, 6.45) is 2.64. The molecule has 0 aliphatic heterocycles. The van der Waals surface area contributed by atoms with Gasteiger partial charge in [0, 0.05) is 4.47 Å². The first kappa shape index (κ1) is 16.1. The van der Waals surface area contributed by atoms with Crippen molar-refractivity contribution in [1.29, 1.82) is 0 Å². The lowest BCUT2D eigenvalue weighted by Gasteiger charge is -1.91. The summed E-state index contributed by atoms with van der Waals surface area (Å²) >= 11 is 3.40. The van der Waals surface area contributed by atoms with Crippen LogP contribution in [0.15, 0.2) is 28.7 Å². The van der Waals surface area contributed by atoms with Crippen LogP contribution in [0.3, 0.4) is 0 Å². The van der Waals surface area contributed by atoms with Gasteiger partial charge in [0.1, 0.15) is 0 Å². The molecule has 0 N–H and O–H groups in total. The highest BCUT2D eigenvalue weighted by atomic mass is 79.9. The van der Waals surface area contributed by atoms with Crippen LogP contribution in [-0.2, 0) is 0 Å². The van der Waals surface area contributed by atoms with E-state index in [1.54, 1.807) is 0 Å². The minimum Gasteiger partial charge on any atom is -0.0683 e. The molecule has 0 bridgehead atoms. The number of halogens is 1. The van der Waals surface area contributed by atoms with Crippen LogP contribution in [0.4, 0.5) is 0 Å². The van der Waals surface area contributed by atoms with Gasteiger partial charge in [-0.3, -0.25) is 0 Å². The average molecular weight is 259 g/mol. The molecular weight excluding hydrogens is 236 g/mol. The van der Waals surface area contributed by atoms with Gasteiger partial charge in [0.05, 0.1) is 0 Å². The smallest absolute Gasteiger partial charge is 0.0204 e. The Kier molecular flexibility index (Phi) is 14.6. The molecule has 0 aliphatic carbocycles. The van der Waals surface area contributed by atoms with Crippen LogP contribution in [0.25, 0.3) is 0 Å². The molecule has 0 unspecified atom stereocenters. The molecular formula is C13H23Br. The molecule has 0 heterocycles. The Morgan fingerprint density at radius 3 is 1.64 bits per heavy atom. The third-order valence-electron chi connectivity index (χ3n) is 1.58. The van der Waals surface area contributed by atoms with Crippen molar-refractivity contribution in [2.75, 3.05) is 0 Å². The second-order valence-electron chi connectivity index (χ2n) is 2.75. The van der Waals surface area contributed by atoms with Crippen molar-refractivity contribution in [2.24, 2.45) is 0 Å². The van der Waals surface area contributed by atoms with Gasteiger partial charge >= 0.3 is 0 Å². The molecule has 1 heteroatoms. The van der Waals surface area contributed by atoms with Gasteiger partial charge in [0.15, 0.2) is 0 Å². The van der Waals surface area contributed by atoms with Crippen LogP contribution in [-0.4, -0.2) is 0 Å². The number of rotatable bonds is 1. The van der Waals surface area contributed by atoms with Gasteiger partial charge in [-0.1, -0.05) is 74.7 Å². The third kappa shape index (κ3) is 9.79. The van der Waals surface area contributed by atoms with Crippen LogP contribution in [0, 0.1) is 6.92 Å². The van der Waals surface area contributed by atoms with Crippen molar-refractivity contribution in [1.82, 2.24) is 0 Å². The van der Waals surface area contributed by atoms with Gasteiger partial charge in [0.25, 0.3) is 0 Å². The van der Waals surface area contributed by atoms with E-state index >= 15 is 0 Å². The maximum atomic E-state index is 3.40. The molecule has 0 saturated carbocycles. The first-order chi connectivity index (χ1) is 6.72. The van der Waals surface area contributed by atoms with E-state index in [4.69, 9.17) is 0 Å². The van der Waals surface area contributed by atoms with E-state index in [1.807, 2.05) is 32.0 Å². The molecule has 0 fully saturated rings. The lowest BCUT2D eigenvalue weighted by molar-refractivity contribution is 0.886. The lowest BCUT2D eigenvalue weighted by Crippen LogP contribution is -1.69. The Morgan fingerprint density at radius 2 is 1.43 bits per heavy atom. The molecule has 0 nitrogen and oxygen atoms in total. The molecule has 14 heavy (non-hydrogen) atoms. The van der Waals surface area contributed by atoms with Crippen LogP contribution in [0.5, 0.6) is 0 Å². The van der Waals surface area contributed by atoms with E-state index in [2.05, 4.69) is 42.8 Å². The van der Waals surface area contributed by atoms with Crippen molar-refractivity contribution in [2.45, 2.75) is 47.5 Å². The first-order valence-corrected chi connectivity index (χ1v) is 6.22. The molecule has 0 saturated heterocycles. The monoisotopic (exact) mass is 258 g/mol. The maximum Gasteiger partial charge on any atom is 0.0204 e. The highest BCUT2D eigenvalue weighted by Gasteiger charge is 1.86. The summed E-state index contributed by atoms with van der Waals surface area (Å²) in [5.41, 5.74) is 1.28. The van der Waals surface area contributed by atoms with Crippen molar-refractivity contribution in [3.05, 3.63) is 34.3 Å². The van der Waals surface area contributed by atoms with E-state index in [0.717, 1.165) is 0 Å². The SMILES string of the molecule is CC.CCCC.Cc1ccccc1Br. The Labute approximate surface area is 97.9 Å². The van der Waals surface area contributed by atoms with E-state index in [1.165, 1.54) is 22.9 Å². The van der Waals surface area contributed by atoms with Crippen LogP contribution >= 0.6 is 15.9 Å². The topological polar surface area (TPSA) is 0 Å². The Morgan fingerprint density at radius 1 is 1.00 bits per heavy atom. The summed E-state index contributed by atoms with van der Waals surface area (Å²) in [7, 11) is 0. The van der Waals surface area contributed by atoms with E-state index in [0.29, 0.717) is 0 Å². The van der Waals surface area contributed by atoms with Crippen LogP contribution < -0.4 is 0 Å². The number of hydrogen-bond acceptors (Lipinski definition) is 0. The zero-order chi connectivity index (χ0) is 11.4. The Bertz CT molecular complexity index is 183. The minimum absolute atomic E-state index is 1.18. The number of benzene rings is 1. The zero-order valence-corrected chi connectivity index (χ0v) is 11.7. The molecule has 0 radical (unpaired) electrons. The first-order valence-electron chi connectivity index (χ1n) is 5.43. The number of hydrogen-bond donors (Lipinski definition) is 0. The van der Waals surface area contributed by atoms with Gasteiger partial charge in [-0.15, -0.1) is 0 Å². The van der Waals surface area contributed by atoms with Crippen molar-refractivity contribution < 1.29 is 0 Å². The average Bonchev–Trinajstić information content (AvgIpc) is 2.26. The summed E-state index contributed by atoms with van der Waals surface area (Å²) in [6.45, 7) is 10.4. The highest BCUT2D eigenvalue weighted by molar-refractivity contribution is 9.10. The molecule has 0 aliphatic rings. The summed E-state index contributed by atoms with van der Waals surface area (Å²) in [5, 5.41) is 0. The molecule has 82 valence electrons. The van der Waals surface area contributed by atoms with Gasteiger partial charge in [-0.05, 0) is 18.6 Å². The Hall–Kier alpha value is -0.300. The molecule has 1 aromatic carbocycles. The quantitative estimate of drug-likeness (QED) is 0.616. The summed E-state index contributed by atoms with van der Waals surface area (Å²) in [5.74, 6) is 0. The van der Waals surface area contributed by atoms with E-state index in [9.17, 15) is 0 Å². The number of unbranched alkanes of at least 4 members (excludes halogenated alkanes) is 1. The normalized spacial score (nSPS) is 7.86. The molecule has 1 rings (SSSR count). The second kappa shape index (κ2) is 12.7. The Balaban J connectivity index is 0. The molecule has 0 atom stereocenters. The molecule has 1 aromatic rings.